The van der Waals surface area contributed by atoms with Gasteiger partial charge >= 0.3 is 0 Å². The summed E-state index contributed by atoms with van der Waals surface area (Å²) in [6, 6.07) is 2.51. The van der Waals surface area contributed by atoms with Gasteiger partial charge in [0, 0.05) is 5.56 Å². The number of hydrogen-bond donors (Lipinski definition) is 1. The summed E-state index contributed by atoms with van der Waals surface area (Å²) < 4.78 is 37.0. The van der Waals surface area contributed by atoms with Gasteiger partial charge in [-0.05, 0) is 31.5 Å². The lowest BCUT2D eigenvalue weighted by Gasteiger charge is -2.18. The maximum absolute atomic E-state index is 13.8. The molecule has 1 aromatic carbocycles. The second-order valence-corrected chi connectivity index (χ2v) is 4.92. The molecule has 0 bridgehead atoms. The molecule has 1 amide bonds. The van der Waals surface area contributed by atoms with E-state index in [1.165, 1.54) is 0 Å². The van der Waals surface area contributed by atoms with Crippen molar-refractivity contribution in [1.82, 2.24) is 15.5 Å². The second-order valence-electron chi connectivity index (χ2n) is 4.92. The van der Waals surface area contributed by atoms with Crippen molar-refractivity contribution in [3.8, 4) is 0 Å². The van der Waals surface area contributed by atoms with Gasteiger partial charge in [-0.1, -0.05) is 12.1 Å². The predicted octanol–water partition coefficient (Wildman–Crippen LogP) is 2.44. The fraction of sp³-hybridized carbons (Fsp3) is 0.400. The number of hydrogen-bond acceptors (Lipinski definition) is 5. The van der Waals surface area contributed by atoms with Crippen LogP contribution in [0.25, 0.3) is 0 Å². The quantitative estimate of drug-likeness (QED) is 0.846. The van der Waals surface area contributed by atoms with Crippen LogP contribution in [0.1, 0.15) is 36.7 Å². The van der Waals surface area contributed by atoms with Crippen molar-refractivity contribution >= 4 is 5.91 Å². The number of nitrogens with one attached hydrogen (secondary N) is 1. The summed E-state index contributed by atoms with van der Waals surface area (Å²) in [7, 11) is 0. The van der Waals surface area contributed by atoms with Gasteiger partial charge in [0.2, 0.25) is 5.91 Å². The number of carbonyl (C=O) groups is 1. The molecule has 0 saturated carbocycles. The zero-order chi connectivity index (χ0) is 16.8. The van der Waals surface area contributed by atoms with Crippen molar-refractivity contribution in [1.29, 1.82) is 0 Å². The van der Waals surface area contributed by atoms with E-state index < -0.39 is 23.6 Å². The molecule has 2 rings (SSSR count). The Morgan fingerprint density at radius 1 is 1.43 bits per heavy atom. The highest BCUT2D eigenvalue weighted by atomic mass is 19.1. The molecule has 0 fully saturated rings. The Morgan fingerprint density at radius 3 is 2.87 bits per heavy atom. The van der Waals surface area contributed by atoms with Gasteiger partial charge in [-0.25, -0.2) is 8.78 Å². The lowest BCUT2D eigenvalue weighted by Crippen LogP contribution is -2.32. The number of carbonyl (C=O) groups excluding carboxylic acids is 1. The fourth-order valence-electron chi connectivity index (χ4n) is 2.05. The first-order valence-corrected chi connectivity index (χ1v) is 7.10. The molecular formula is C15H17F2N3O3. The van der Waals surface area contributed by atoms with E-state index in [2.05, 4.69) is 15.5 Å². The van der Waals surface area contributed by atoms with Gasteiger partial charge in [-0.2, -0.15) is 4.98 Å². The van der Waals surface area contributed by atoms with Crippen molar-refractivity contribution in [3.05, 3.63) is 47.1 Å². The van der Waals surface area contributed by atoms with Crippen LogP contribution in [0.15, 0.2) is 22.7 Å². The molecule has 0 aliphatic carbocycles. The van der Waals surface area contributed by atoms with E-state index in [1.807, 2.05) is 0 Å². The summed E-state index contributed by atoms with van der Waals surface area (Å²) in [6.45, 7) is 3.17. The summed E-state index contributed by atoms with van der Waals surface area (Å²) in [5.74, 6) is -0.839. The highest BCUT2D eigenvalue weighted by molar-refractivity contribution is 5.77. The minimum absolute atomic E-state index is 0.000617. The SMILES string of the molecule is CC[C@H](NC(=O)COCc1nc(C)no1)c1cc(F)ccc1F. The molecule has 2 aromatic rings. The Labute approximate surface area is 131 Å². The number of halogens is 2. The summed E-state index contributed by atoms with van der Waals surface area (Å²) in [4.78, 5) is 15.8. The third-order valence-corrected chi connectivity index (χ3v) is 3.11. The van der Waals surface area contributed by atoms with Crippen LogP contribution >= 0.6 is 0 Å². The minimum atomic E-state index is -0.632. The maximum Gasteiger partial charge on any atom is 0.252 e. The Morgan fingerprint density at radius 2 is 2.22 bits per heavy atom. The molecule has 1 heterocycles. The van der Waals surface area contributed by atoms with Crippen LogP contribution in [0.5, 0.6) is 0 Å². The van der Waals surface area contributed by atoms with E-state index in [-0.39, 0.29) is 24.7 Å². The Bertz CT molecular complexity index is 676. The molecule has 8 heteroatoms. The van der Waals surface area contributed by atoms with Crippen molar-refractivity contribution < 1.29 is 22.8 Å². The Kier molecular flexibility index (Phi) is 5.75. The molecule has 6 nitrogen and oxygen atoms in total. The number of nitrogens with zero attached hydrogens (tertiary/aromatic N) is 2. The first-order valence-electron chi connectivity index (χ1n) is 7.10. The highest BCUT2D eigenvalue weighted by Crippen LogP contribution is 2.21. The number of benzene rings is 1. The zero-order valence-corrected chi connectivity index (χ0v) is 12.8. The van der Waals surface area contributed by atoms with Gasteiger partial charge in [0.25, 0.3) is 5.89 Å². The lowest BCUT2D eigenvalue weighted by molar-refractivity contribution is -0.127. The number of aromatic nitrogens is 2. The van der Waals surface area contributed by atoms with Crippen molar-refractivity contribution in [2.24, 2.45) is 0 Å². The van der Waals surface area contributed by atoms with Gasteiger partial charge in [0.05, 0.1) is 6.04 Å². The van der Waals surface area contributed by atoms with Crippen LogP contribution in [-0.2, 0) is 16.1 Å². The summed E-state index contributed by atoms with van der Waals surface area (Å²) >= 11 is 0. The van der Waals surface area contributed by atoms with E-state index in [1.54, 1.807) is 13.8 Å². The minimum Gasteiger partial charge on any atom is -0.362 e. The molecule has 0 saturated heterocycles. The normalized spacial score (nSPS) is 12.2. The van der Waals surface area contributed by atoms with E-state index >= 15 is 0 Å². The van der Waals surface area contributed by atoms with Crippen LogP contribution in [0.2, 0.25) is 0 Å². The molecular weight excluding hydrogens is 308 g/mol. The smallest absolute Gasteiger partial charge is 0.252 e. The zero-order valence-electron chi connectivity index (χ0n) is 12.8. The Balaban J connectivity index is 1.88. The largest absolute Gasteiger partial charge is 0.362 e. The fourth-order valence-corrected chi connectivity index (χ4v) is 2.05. The predicted molar refractivity (Wildman–Crippen MR) is 76.2 cm³/mol. The second kappa shape index (κ2) is 7.77. The number of amides is 1. The van der Waals surface area contributed by atoms with Crippen molar-refractivity contribution in [3.63, 3.8) is 0 Å². The molecule has 0 spiro atoms. The van der Waals surface area contributed by atoms with Gasteiger partial charge in [-0.15, -0.1) is 0 Å². The molecule has 0 aliphatic rings. The highest BCUT2D eigenvalue weighted by Gasteiger charge is 2.17. The number of rotatable bonds is 7. The van der Waals surface area contributed by atoms with Crippen LogP contribution in [0.3, 0.4) is 0 Å². The third-order valence-electron chi connectivity index (χ3n) is 3.11. The van der Waals surface area contributed by atoms with Crippen LogP contribution in [0, 0.1) is 18.6 Å². The van der Waals surface area contributed by atoms with Crippen molar-refractivity contribution in [2.45, 2.75) is 32.9 Å². The topological polar surface area (TPSA) is 77.2 Å². The summed E-state index contributed by atoms with van der Waals surface area (Å²) in [6.07, 6.45) is 0.412. The van der Waals surface area contributed by atoms with E-state index in [0.29, 0.717) is 12.2 Å². The van der Waals surface area contributed by atoms with Crippen molar-refractivity contribution in [2.75, 3.05) is 6.61 Å². The molecule has 0 aliphatic heterocycles. The first kappa shape index (κ1) is 17.0. The van der Waals surface area contributed by atoms with Gasteiger partial charge in [0.15, 0.2) is 5.82 Å². The number of ether oxygens (including phenoxy) is 1. The molecule has 124 valence electrons. The van der Waals surface area contributed by atoms with Crippen LogP contribution < -0.4 is 5.32 Å². The van der Waals surface area contributed by atoms with Gasteiger partial charge < -0.3 is 14.6 Å². The molecule has 0 radical (unpaired) electrons. The first-order chi connectivity index (χ1) is 11.0. The van der Waals surface area contributed by atoms with Gasteiger partial charge in [0.1, 0.15) is 24.8 Å². The molecule has 23 heavy (non-hydrogen) atoms. The van der Waals surface area contributed by atoms with Gasteiger partial charge in [-0.3, -0.25) is 4.79 Å². The summed E-state index contributed by atoms with van der Waals surface area (Å²) in [5, 5.41) is 6.20. The van der Waals surface area contributed by atoms with Crippen LogP contribution in [-0.4, -0.2) is 22.7 Å². The standard InChI is InChI=1S/C15H17F2N3O3/c1-3-13(11-6-10(16)4-5-12(11)17)19-14(21)7-22-8-15-18-9(2)20-23-15/h4-6,13H,3,7-8H2,1-2H3,(H,19,21)/t13-/m0/s1. The summed E-state index contributed by atoms with van der Waals surface area (Å²) in [5.41, 5.74) is 0.105. The average molecular weight is 325 g/mol. The maximum atomic E-state index is 13.8. The van der Waals surface area contributed by atoms with E-state index in [4.69, 9.17) is 9.26 Å². The third kappa shape index (κ3) is 4.82. The van der Waals surface area contributed by atoms with E-state index in [0.717, 1.165) is 18.2 Å². The molecule has 1 N–H and O–H groups in total. The van der Waals surface area contributed by atoms with E-state index in [9.17, 15) is 13.6 Å². The lowest BCUT2D eigenvalue weighted by atomic mass is 10.0. The molecule has 1 atom stereocenters. The van der Waals surface area contributed by atoms with Crippen LogP contribution in [0.4, 0.5) is 8.78 Å². The monoisotopic (exact) mass is 325 g/mol. The number of aryl methyl sites for hydroxylation is 1. The molecule has 0 unspecified atom stereocenters. The Hall–Kier alpha value is -2.35. The molecule has 1 aromatic heterocycles. The average Bonchev–Trinajstić information content (AvgIpc) is 2.93.